The Morgan fingerprint density at radius 2 is 1.93 bits per heavy atom. The summed E-state index contributed by atoms with van der Waals surface area (Å²) in [7, 11) is 0. The molecule has 0 unspecified atom stereocenters. The molecule has 1 heterocycles. The van der Waals surface area contributed by atoms with E-state index >= 15 is 0 Å². The molecule has 4 nitrogen and oxygen atoms in total. The molecule has 4 N–H and O–H groups in total. The standard InChI is InChI=1S/C10H11N3O/c11-10-9(8(14)6-13(10)12)7-4-2-1-3-5-7/h1-5,11,14H,6,12H2. The minimum absolute atomic E-state index is 0.156. The summed E-state index contributed by atoms with van der Waals surface area (Å²) in [6.07, 6.45) is 0. The van der Waals surface area contributed by atoms with E-state index in [2.05, 4.69) is 0 Å². The highest BCUT2D eigenvalue weighted by Crippen LogP contribution is 2.24. The van der Waals surface area contributed by atoms with Gasteiger partial charge in [0.25, 0.3) is 0 Å². The number of aliphatic hydroxyl groups is 1. The molecule has 0 aromatic heterocycles. The van der Waals surface area contributed by atoms with E-state index in [1.165, 1.54) is 5.01 Å². The number of hydrogen-bond donors (Lipinski definition) is 3. The maximum atomic E-state index is 9.60. The van der Waals surface area contributed by atoms with Crippen LogP contribution in [0.25, 0.3) is 5.57 Å². The van der Waals surface area contributed by atoms with Crippen LogP contribution in [0, 0.1) is 5.41 Å². The normalized spacial score (nSPS) is 16.6. The summed E-state index contributed by atoms with van der Waals surface area (Å²) in [5.41, 5.74) is 1.34. The zero-order chi connectivity index (χ0) is 10.1. The summed E-state index contributed by atoms with van der Waals surface area (Å²) >= 11 is 0. The van der Waals surface area contributed by atoms with Gasteiger partial charge in [0.05, 0.1) is 12.1 Å². The molecule has 2 rings (SSSR count). The molecule has 1 aromatic carbocycles. The quantitative estimate of drug-likeness (QED) is 0.579. The van der Waals surface area contributed by atoms with Crippen molar-refractivity contribution in [1.29, 1.82) is 5.41 Å². The first kappa shape index (κ1) is 8.77. The van der Waals surface area contributed by atoms with Crippen molar-refractivity contribution < 1.29 is 5.11 Å². The van der Waals surface area contributed by atoms with Gasteiger partial charge in [-0.25, -0.2) is 5.84 Å². The molecule has 72 valence electrons. The van der Waals surface area contributed by atoms with Crippen LogP contribution in [0.2, 0.25) is 0 Å². The number of aliphatic hydroxyl groups excluding tert-OH is 1. The van der Waals surface area contributed by atoms with Gasteiger partial charge in [0, 0.05) is 0 Å². The molecule has 0 atom stereocenters. The SMILES string of the molecule is N=C1C(c2ccccc2)=C(O)CN1N. The van der Waals surface area contributed by atoms with Crippen molar-refractivity contribution in [3.05, 3.63) is 41.7 Å². The third-order valence-electron chi connectivity index (χ3n) is 2.20. The van der Waals surface area contributed by atoms with Crippen LogP contribution in [0.15, 0.2) is 36.1 Å². The fourth-order valence-electron chi connectivity index (χ4n) is 1.51. The minimum atomic E-state index is 0.156. The first-order valence-corrected chi connectivity index (χ1v) is 4.29. The molecule has 0 saturated heterocycles. The summed E-state index contributed by atoms with van der Waals surface area (Å²) in [4.78, 5) is 0. The average molecular weight is 189 g/mol. The van der Waals surface area contributed by atoms with E-state index in [-0.39, 0.29) is 18.1 Å². The Morgan fingerprint density at radius 3 is 2.43 bits per heavy atom. The summed E-state index contributed by atoms with van der Waals surface area (Å²) in [5, 5.41) is 18.5. The molecule has 0 fully saturated rings. The fraction of sp³-hybridized carbons (Fsp3) is 0.100. The molecule has 0 aliphatic carbocycles. The first-order chi connectivity index (χ1) is 6.70. The Bertz CT molecular complexity index is 397. The van der Waals surface area contributed by atoms with Crippen molar-refractivity contribution in [2.45, 2.75) is 0 Å². The zero-order valence-electron chi connectivity index (χ0n) is 7.57. The van der Waals surface area contributed by atoms with Gasteiger partial charge in [-0.2, -0.15) is 0 Å². The molecule has 0 spiro atoms. The highest BCUT2D eigenvalue weighted by molar-refractivity contribution is 6.23. The van der Waals surface area contributed by atoms with E-state index in [1.54, 1.807) is 0 Å². The fourth-order valence-corrected chi connectivity index (χ4v) is 1.51. The zero-order valence-corrected chi connectivity index (χ0v) is 7.57. The molecule has 1 aliphatic rings. The maximum absolute atomic E-state index is 9.60. The minimum Gasteiger partial charge on any atom is -0.510 e. The number of rotatable bonds is 1. The molecule has 14 heavy (non-hydrogen) atoms. The molecule has 0 amide bonds. The van der Waals surface area contributed by atoms with Gasteiger partial charge in [0.15, 0.2) is 0 Å². The number of hydrogen-bond acceptors (Lipinski definition) is 3. The highest BCUT2D eigenvalue weighted by atomic mass is 16.3. The second-order valence-corrected chi connectivity index (χ2v) is 3.16. The average Bonchev–Trinajstić information content (AvgIpc) is 2.43. The van der Waals surface area contributed by atoms with Crippen LogP contribution in [-0.4, -0.2) is 22.5 Å². The van der Waals surface area contributed by atoms with Crippen LogP contribution in [0.1, 0.15) is 5.56 Å². The van der Waals surface area contributed by atoms with E-state index in [1.807, 2.05) is 30.3 Å². The third kappa shape index (κ3) is 1.25. The van der Waals surface area contributed by atoms with E-state index in [4.69, 9.17) is 11.3 Å². The summed E-state index contributed by atoms with van der Waals surface area (Å²) in [6, 6.07) is 9.31. The maximum Gasteiger partial charge on any atom is 0.146 e. The Morgan fingerprint density at radius 1 is 1.29 bits per heavy atom. The van der Waals surface area contributed by atoms with E-state index in [0.29, 0.717) is 5.57 Å². The van der Waals surface area contributed by atoms with Gasteiger partial charge in [0.1, 0.15) is 11.6 Å². The summed E-state index contributed by atoms with van der Waals surface area (Å²) < 4.78 is 0. The smallest absolute Gasteiger partial charge is 0.146 e. The first-order valence-electron chi connectivity index (χ1n) is 4.29. The molecular formula is C10H11N3O. The number of nitrogens with two attached hydrogens (primary N) is 1. The number of amidine groups is 1. The molecule has 0 saturated carbocycles. The lowest BCUT2D eigenvalue weighted by molar-refractivity contribution is 0.355. The van der Waals surface area contributed by atoms with E-state index in [0.717, 1.165) is 5.56 Å². The molecule has 0 radical (unpaired) electrons. The number of nitrogens with zero attached hydrogens (tertiary/aromatic N) is 1. The predicted octanol–water partition coefficient (Wildman–Crippen LogP) is 1.12. The van der Waals surface area contributed by atoms with Crippen molar-refractivity contribution >= 4 is 11.4 Å². The summed E-state index contributed by atoms with van der Waals surface area (Å²) in [5.74, 6) is 5.82. The van der Waals surface area contributed by atoms with Gasteiger partial charge in [-0.1, -0.05) is 30.3 Å². The molecule has 0 bridgehead atoms. The van der Waals surface area contributed by atoms with E-state index in [9.17, 15) is 5.11 Å². The topological polar surface area (TPSA) is 73.3 Å². The number of nitrogens with one attached hydrogen (secondary N) is 1. The highest BCUT2D eigenvalue weighted by Gasteiger charge is 2.25. The van der Waals surface area contributed by atoms with Crippen molar-refractivity contribution in [2.24, 2.45) is 5.84 Å². The molecule has 1 aromatic rings. The van der Waals surface area contributed by atoms with Gasteiger partial charge in [-0.3, -0.25) is 10.4 Å². The van der Waals surface area contributed by atoms with Crippen LogP contribution in [-0.2, 0) is 0 Å². The van der Waals surface area contributed by atoms with Gasteiger partial charge in [-0.15, -0.1) is 0 Å². The van der Waals surface area contributed by atoms with E-state index < -0.39 is 0 Å². The van der Waals surface area contributed by atoms with Crippen molar-refractivity contribution in [2.75, 3.05) is 6.54 Å². The Hall–Kier alpha value is -1.81. The van der Waals surface area contributed by atoms with Crippen LogP contribution in [0.5, 0.6) is 0 Å². The second kappa shape index (κ2) is 3.16. The van der Waals surface area contributed by atoms with Crippen molar-refractivity contribution in [1.82, 2.24) is 5.01 Å². The lowest BCUT2D eigenvalue weighted by atomic mass is 10.1. The van der Waals surface area contributed by atoms with Gasteiger partial charge in [0.2, 0.25) is 0 Å². The van der Waals surface area contributed by atoms with Crippen molar-refractivity contribution in [3.8, 4) is 0 Å². The molecule has 1 aliphatic heterocycles. The van der Waals surface area contributed by atoms with Gasteiger partial charge < -0.3 is 5.11 Å². The van der Waals surface area contributed by atoms with Crippen LogP contribution >= 0.6 is 0 Å². The number of benzene rings is 1. The number of hydrazine groups is 1. The van der Waals surface area contributed by atoms with Crippen LogP contribution in [0.4, 0.5) is 0 Å². The van der Waals surface area contributed by atoms with Crippen molar-refractivity contribution in [3.63, 3.8) is 0 Å². The van der Waals surface area contributed by atoms with Crippen LogP contribution < -0.4 is 5.84 Å². The predicted molar refractivity (Wildman–Crippen MR) is 54.6 cm³/mol. The Kier molecular flexibility index (Phi) is 1.98. The largest absolute Gasteiger partial charge is 0.510 e. The molecular weight excluding hydrogens is 178 g/mol. The lowest BCUT2D eigenvalue weighted by Crippen LogP contribution is -2.33. The van der Waals surface area contributed by atoms with Gasteiger partial charge in [-0.05, 0) is 5.56 Å². The second-order valence-electron chi connectivity index (χ2n) is 3.16. The van der Waals surface area contributed by atoms with Crippen LogP contribution in [0.3, 0.4) is 0 Å². The Labute approximate surface area is 81.7 Å². The summed E-state index contributed by atoms with van der Waals surface area (Å²) in [6.45, 7) is 0.211. The third-order valence-corrected chi connectivity index (χ3v) is 2.20. The van der Waals surface area contributed by atoms with Gasteiger partial charge >= 0.3 is 0 Å². The monoisotopic (exact) mass is 189 g/mol. The molecule has 4 heteroatoms. The lowest BCUT2D eigenvalue weighted by Gasteiger charge is -2.10. The Balaban J connectivity index is 2.45.